The molecule has 2 nitrogen and oxygen atoms in total. The van der Waals surface area contributed by atoms with Crippen LogP contribution in [-0.2, 0) is 0 Å². The first-order valence-electron chi connectivity index (χ1n) is 5.35. The van der Waals surface area contributed by atoms with Gasteiger partial charge in [-0.25, -0.2) is 0 Å². The zero-order valence-corrected chi connectivity index (χ0v) is 10.1. The number of benzene rings is 1. The summed E-state index contributed by atoms with van der Waals surface area (Å²) in [5, 5.41) is 0.553. The smallest absolute Gasteiger partial charge is 0.120 e. The molecule has 1 rings (SSSR count). The Hall–Kier alpha value is -0.890. The maximum absolute atomic E-state index is 5.89. The van der Waals surface area contributed by atoms with E-state index in [1.54, 1.807) is 12.1 Å². The Morgan fingerprint density at radius 3 is 2.53 bits per heavy atom. The van der Waals surface area contributed by atoms with E-state index in [9.17, 15) is 0 Å². The van der Waals surface area contributed by atoms with Gasteiger partial charge in [0.05, 0.1) is 17.3 Å². The van der Waals surface area contributed by atoms with Crippen molar-refractivity contribution in [3.05, 3.63) is 23.2 Å². The second-order valence-corrected chi connectivity index (χ2v) is 4.08. The molecule has 1 aromatic carbocycles. The molecule has 0 saturated carbocycles. The first kappa shape index (κ1) is 12.2. The average molecular weight is 228 g/mol. The maximum atomic E-state index is 5.89. The van der Waals surface area contributed by atoms with E-state index < -0.39 is 0 Å². The molecule has 0 radical (unpaired) electrons. The van der Waals surface area contributed by atoms with Gasteiger partial charge in [0, 0.05) is 6.07 Å². The number of rotatable bonds is 5. The minimum absolute atomic E-state index is 0.553. The number of nitrogen functional groups attached to an aromatic ring is 1. The Bertz CT molecular complexity index is 310. The summed E-state index contributed by atoms with van der Waals surface area (Å²) < 4.78 is 5.65. The zero-order valence-electron chi connectivity index (χ0n) is 9.29. The summed E-state index contributed by atoms with van der Waals surface area (Å²) in [7, 11) is 0. The van der Waals surface area contributed by atoms with Crippen molar-refractivity contribution in [3.8, 4) is 5.75 Å². The first-order chi connectivity index (χ1) is 7.17. The quantitative estimate of drug-likeness (QED) is 0.778. The van der Waals surface area contributed by atoms with Crippen LogP contribution in [0.4, 0.5) is 5.69 Å². The summed E-state index contributed by atoms with van der Waals surface area (Å²) in [6.07, 6.45) is 2.28. The lowest BCUT2D eigenvalue weighted by Gasteiger charge is -2.14. The van der Waals surface area contributed by atoms with Crippen LogP contribution < -0.4 is 10.5 Å². The number of halogens is 1. The molecule has 0 amide bonds. The minimum Gasteiger partial charge on any atom is -0.493 e. The van der Waals surface area contributed by atoms with Crippen molar-refractivity contribution < 1.29 is 4.74 Å². The zero-order chi connectivity index (χ0) is 11.3. The molecule has 15 heavy (non-hydrogen) atoms. The number of ether oxygens (including phenoxy) is 1. The Morgan fingerprint density at radius 1 is 1.33 bits per heavy atom. The van der Waals surface area contributed by atoms with Crippen LogP contribution in [0.2, 0.25) is 5.02 Å². The number of nitrogens with two attached hydrogens (primary N) is 1. The van der Waals surface area contributed by atoms with Crippen LogP contribution in [0.25, 0.3) is 0 Å². The van der Waals surface area contributed by atoms with Gasteiger partial charge in [0.1, 0.15) is 5.75 Å². The third-order valence-electron chi connectivity index (χ3n) is 2.61. The van der Waals surface area contributed by atoms with Crippen LogP contribution in [0.1, 0.15) is 26.7 Å². The molecule has 0 atom stereocenters. The van der Waals surface area contributed by atoms with Crippen LogP contribution >= 0.6 is 11.6 Å². The molecule has 0 aliphatic rings. The summed E-state index contributed by atoms with van der Waals surface area (Å²) in [6.45, 7) is 5.09. The molecule has 0 heterocycles. The molecule has 2 N–H and O–H groups in total. The van der Waals surface area contributed by atoms with Gasteiger partial charge in [-0.05, 0) is 18.1 Å². The molecular formula is C12H18ClNO. The molecule has 1 aromatic rings. The Morgan fingerprint density at radius 2 is 2.00 bits per heavy atom. The fourth-order valence-electron chi connectivity index (χ4n) is 1.34. The fraction of sp³-hybridized carbons (Fsp3) is 0.500. The monoisotopic (exact) mass is 227 g/mol. The van der Waals surface area contributed by atoms with E-state index in [1.807, 2.05) is 6.07 Å². The Balaban J connectivity index is 2.54. The van der Waals surface area contributed by atoms with Gasteiger partial charge in [0.25, 0.3) is 0 Å². The summed E-state index contributed by atoms with van der Waals surface area (Å²) in [4.78, 5) is 0. The van der Waals surface area contributed by atoms with E-state index >= 15 is 0 Å². The predicted octanol–water partition coefficient (Wildman–Crippen LogP) is 3.74. The van der Waals surface area contributed by atoms with Crippen molar-refractivity contribution in [2.24, 2.45) is 5.92 Å². The highest BCUT2D eigenvalue weighted by atomic mass is 35.5. The van der Waals surface area contributed by atoms with Crippen LogP contribution in [-0.4, -0.2) is 6.61 Å². The minimum atomic E-state index is 0.553. The molecule has 0 aliphatic carbocycles. The molecule has 0 aliphatic heterocycles. The molecule has 0 spiro atoms. The van der Waals surface area contributed by atoms with Gasteiger partial charge < -0.3 is 10.5 Å². The molecular weight excluding hydrogens is 210 g/mol. The van der Waals surface area contributed by atoms with Crippen LogP contribution in [0, 0.1) is 5.92 Å². The van der Waals surface area contributed by atoms with E-state index in [0.717, 1.165) is 25.2 Å². The van der Waals surface area contributed by atoms with Crippen molar-refractivity contribution in [2.45, 2.75) is 26.7 Å². The largest absolute Gasteiger partial charge is 0.493 e. The van der Waals surface area contributed by atoms with Crippen LogP contribution in [0.5, 0.6) is 5.75 Å². The highest BCUT2D eigenvalue weighted by Crippen LogP contribution is 2.24. The SMILES string of the molecule is CCC(CC)COc1ccc(N)c(Cl)c1. The van der Waals surface area contributed by atoms with Gasteiger partial charge in [-0.15, -0.1) is 0 Å². The molecule has 0 saturated heterocycles. The van der Waals surface area contributed by atoms with E-state index in [1.165, 1.54) is 0 Å². The Labute approximate surface area is 96.4 Å². The van der Waals surface area contributed by atoms with Gasteiger partial charge in [-0.1, -0.05) is 38.3 Å². The number of hydrogen-bond donors (Lipinski definition) is 1. The predicted molar refractivity (Wildman–Crippen MR) is 65.4 cm³/mol. The molecule has 0 fully saturated rings. The van der Waals surface area contributed by atoms with Crippen LogP contribution in [0.3, 0.4) is 0 Å². The Kier molecular flexibility index (Phi) is 4.76. The fourth-order valence-corrected chi connectivity index (χ4v) is 1.51. The molecule has 0 bridgehead atoms. The summed E-state index contributed by atoms with van der Waals surface area (Å²) >= 11 is 5.89. The van der Waals surface area contributed by atoms with Gasteiger partial charge in [-0.2, -0.15) is 0 Å². The second kappa shape index (κ2) is 5.86. The lowest BCUT2D eigenvalue weighted by atomic mass is 10.1. The standard InChI is InChI=1S/C12H18ClNO/c1-3-9(4-2)8-15-10-5-6-12(14)11(13)7-10/h5-7,9H,3-4,8,14H2,1-2H3. The topological polar surface area (TPSA) is 35.2 Å². The highest BCUT2D eigenvalue weighted by molar-refractivity contribution is 6.33. The van der Waals surface area contributed by atoms with Crippen molar-refractivity contribution in [1.29, 1.82) is 0 Å². The summed E-state index contributed by atoms with van der Waals surface area (Å²) in [5.74, 6) is 1.41. The number of anilines is 1. The summed E-state index contributed by atoms with van der Waals surface area (Å²) in [5.41, 5.74) is 6.20. The first-order valence-corrected chi connectivity index (χ1v) is 5.73. The molecule has 0 aromatic heterocycles. The number of hydrogen-bond acceptors (Lipinski definition) is 2. The lowest BCUT2D eigenvalue weighted by molar-refractivity contribution is 0.240. The van der Waals surface area contributed by atoms with E-state index in [-0.39, 0.29) is 0 Å². The van der Waals surface area contributed by atoms with Crippen LogP contribution in [0.15, 0.2) is 18.2 Å². The molecule has 84 valence electrons. The highest BCUT2D eigenvalue weighted by Gasteiger charge is 2.05. The average Bonchev–Trinajstić information content (AvgIpc) is 2.24. The van der Waals surface area contributed by atoms with Gasteiger partial charge in [0.15, 0.2) is 0 Å². The normalized spacial score (nSPS) is 10.7. The van der Waals surface area contributed by atoms with E-state index in [2.05, 4.69) is 13.8 Å². The third kappa shape index (κ3) is 3.63. The molecule has 3 heteroatoms. The van der Waals surface area contributed by atoms with Gasteiger partial charge >= 0.3 is 0 Å². The van der Waals surface area contributed by atoms with E-state index in [4.69, 9.17) is 22.1 Å². The summed E-state index contributed by atoms with van der Waals surface area (Å²) in [6, 6.07) is 5.38. The molecule has 0 unspecified atom stereocenters. The van der Waals surface area contributed by atoms with Crippen molar-refractivity contribution in [3.63, 3.8) is 0 Å². The van der Waals surface area contributed by atoms with Crippen molar-refractivity contribution in [1.82, 2.24) is 0 Å². The maximum Gasteiger partial charge on any atom is 0.120 e. The van der Waals surface area contributed by atoms with Gasteiger partial charge in [0.2, 0.25) is 0 Å². The lowest BCUT2D eigenvalue weighted by Crippen LogP contribution is -2.10. The second-order valence-electron chi connectivity index (χ2n) is 3.68. The van der Waals surface area contributed by atoms with E-state index in [0.29, 0.717) is 16.6 Å². The van der Waals surface area contributed by atoms with Gasteiger partial charge in [-0.3, -0.25) is 0 Å². The van der Waals surface area contributed by atoms with Crippen molar-refractivity contribution >= 4 is 17.3 Å². The van der Waals surface area contributed by atoms with Crippen molar-refractivity contribution in [2.75, 3.05) is 12.3 Å². The third-order valence-corrected chi connectivity index (χ3v) is 2.94.